The van der Waals surface area contributed by atoms with Crippen LogP contribution in [-0.4, -0.2) is 15.0 Å². The van der Waals surface area contributed by atoms with Gasteiger partial charge >= 0.3 is 0 Å². The second-order valence-corrected chi connectivity index (χ2v) is 15.4. The Bertz CT molecular complexity index is 3140. The van der Waals surface area contributed by atoms with Crippen LogP contribution in [0.25, 0.3) is 98.2 Å². The van der Waals surface area contributed by atoms with Gasteiger partial charge in [0.05, 0.1) is 17.1 Å². The van der Waals surface area contributed by atoms with Crippen molar-refractivity contribution < 1.29 is 8.83 Å². The fourth-order valence-electron chi connectivity index (χ4n) is 8.09. The minimum atomic E-state index is 0.638. The third-order valence-electron chi connectivity index (χ3n) is 11.0. The Morgan fingerprint density at radius 2 is 0.759 bits per heavy atom. The number of thiophene rings is 1. The fourth-order valence-corrected chi connectivity index (χ4v) is 9.16. The Morgan fingerprint density at radius 1 is 0.345 bits per heavy atom. The third-order valence-corrected chi connectivity index (χ3v) is 12.1. The zero-order chi connectivity index (χ0) is 38.2. The summed E-state index contributed by atoms with van der Waals surface area (Å²) in [5.41, 5.74) is 11.8. The normalized spacial score (nSPS) is 11.8. The Labute approximate surface area is 335 Å². The first kappa shape index (κ1) is 32.6. The number of anilines is 3. The van der Waals surface area contributed by atoms with E-state index in [4.69, 9.17) is 23.8 Å². The van der Waals surface area contributed by atoms with Gasteiger partial charge in [0.15, 0.2) is 0 Å². The van der Waals surface area contributed by atoms with Crippen molar-refractivity contribution in [2.75, 3.05) is 4.90 Å². The number of rotatable bonds is 6. The maximum Gasteiger partial charge on any atom is 0.227 e. The van der Waals surface area contributed by atoms with E-state index in [9.17, 15) is 0 Å². The number of furan rings is 2. The molecule has 12 aromatic rings. The molecule has 6 aromatic carbocycles. The van der Waals surface area contributed by atoms with Gasteiger partial charge in [-0.3, -0.25) is 0 Å². The van der Waals surface area contributed by atoms with Crippen molar-refractivity contribution in [2.24, 2.45) is 0 Å². The zero-order valence-corrected chi connectivity index (χ0v) is 31.7. The van der Waals surface area contributed by atoms with Gasteiger partial charge in [-0.15, -0.1) is 11.3 Å². The van der Waals surface area contributed by atoms with Gasteiger partial charge in [-0.05, 0) is 91.0 Å². The molecule has 0 radical (unpaired) electrons. The lowest BCUT2D eigenvalue weighted by Crippen LogP contribution is -2.09. The summed E-state index contributed by atoms with van der Waals surface area (Å²) in [6.07, 6.45) is 0. The van der Waals surface area contributed by atoms with Crippen LogP contribution in [0, 0.1) is 0 Å². The van der Waals surface area contributed by atoms with Crippen LogP contribution in [0.5, 0.6) is 0 Å². The molecule has 6 aromatic heterocycles. The topological polar surface area (TPSA) is 68.2 Å². The molecule has 0 aliphatic carbocycles. The summed E-state index contributed by atoms with van der Waals surface area (Å²) in [6.45, 7) is 0. The first-order chi connectivity index (χ1) is 28.7. The van der Waals surface area contributed by atoms with Crippen molar-refractivity contribution >= 4 is 92.8 Å². The molecule has 0 unspecified atom stereocenters. The molecular weight excluding hydrogens is 733 g/mol. The van der Waals surface area contributed by atoms with Crippen molar-refractivity contribution in [3.05, 3.63) is 182 Å². The van der Waals surface area contributed by atoms with Gasteiger partial charge in [-0.1, -0.05) is 91.0 Å². The molecule has 7 heteroatoms. The molecule has 0 saturated carbocycles. The van der Waals surface area contributed by atoms with Crippen LogP contribution in [0.4, 0.5) is 17.1 Å². The van der Waals surface area contributed by atoms with E-state index < -0.39 is 0 Å². The van der Waals surface area contributed by atoms with Crippen molar-refractivity contribution in [3.63, 3.8) is 0 Å². The largest absolute Gasteiger partial charge is 0.438 e. The van der Waals surface area contributed by atoms with E-state index in [2.05, 4.69) is 150 Å². The summed E-state index contributed by atoms with van der Waals surface area (Å²) < 4.78 is 13.5. The second-order valence-electron chi connectivity index (χ2n) is 14.4. The van der Waals surface area contributed by atoms with Crippen LogP contribution < -0.4 is 4.90 Å². The molecule has 0 amide bonds. The Kier molecular flexibility index (Phi) is 7.30. The van der Waals surface area contributed by atoms with Gasteiger partial charge in [0.2, 0.25) is 11.4 Å². The van der Waals surface area contributed by atoms with Gasteiger partial charge in [-0.2, -0.15) is 0 Å². The smallest absolute Gasteiger partial charge is 0.227 e. The summed E-state index contributed by atoms with van der Waals surface area (Å²) in [5, 5.41) is 6.62. The lowest BCUT2D eigenvalue weighted by Gasteiger charge is -2.26. The lowest BCUT2D eigenvalue weighted by atomic mass is 10.1. The molecule has 0 aliphatic heterocycles. The standard InChI is InChI=1S/C51H30N4O2S/c1-4-10-46-37(7-1)40-25-28-43(52-49(40)56-46)31-13-19-34(20-14-31)55(35-21-15-32(16-22-35)44-29-26-41-38-8-2-5-11-47(38)57-50(41)53-44)36-23-17-33(18-24-36)45-30-27-42-39-9-3-6-12-48(39)58-51(42)54-45/h1-30H. The number of nitrogens with zero attached hydrogens (tertiary/aromatic N) is 4. The van der Waals surface area contributed by atoms with E-state index in [0.717, 1.165) is 88.4 Å². The number of aromatic nitrogens is 3. The minimum absolute atomic E-state index is 0.638. The van der Waals surface area contributed by atoms with Crippen LogP contribution in [0.2, 0.25) is 0 Å². The quantitative estimate of drug-likeness (QED) is 0.168. The Balaban J connectivity index is 0.911. The third kappa shape index (κ3) is 5.36. The van der Waals surface area contributed by atoms with E-state index in [-0.39, 0.29) is 0 Å². The van der Waals surface area contributed by atoms with Crippen LogP contribution in [0.15, 0.2) is 191 Å². The highest BCUT2D eigenvalue weighted by Gasteiger charge is 2.17. The number of hydrogen-bond acceptors (Lipinski definition) is 7. The molecule has 12 rings (SSSR count). The molecule has 272 valence electrons. The van der Waals surface area contributed by atoms with Gasteiger partial charge in [0.1, 0.15) is 16.0 Å². The van der Waals surface area contributed by atoms with Crippen molar-refractivity contribution in [2.45, 2.75) is 0 Å². The number of pyridine rings is 3. The summed E-state index contributed by atoms with van der Waals surface area (Å²) in [5.74, 6) is 0. The van der Waals surface area contributed by atoms with E-state index in [1.807, 2.05) is 36.4 Å². The highest BCUT2D eigenvalue weighted by Crippen LogP contribution is 2.39. The summed E-state index contributed by atoms with van der Waals surface area (Å²) in [6, 6.07) is 63.0. The van der Waals surface area contributed by atoms with E-state index in [1.54, 1.807) is 11.3 Å². The maximum atomic E-state index is 6.11. The molecule has 0 atom stereocenters. The van der Waals surface area contributed by atoms with Gasteiger partial charge in [-0.25, -0.2) is 15.0 Å². The molecule has 0 aliphatic rings. The Morgan fingerprint density at radius 3 is 1.26 bits per heavy atom. The monoisotopic (exact) mass is 762 g/mol. The first-order valence-corrected chi connectivity index (χ1v) is 20.0. The summed E-state index contributed by atoms with van der Waals surface area (Å²) >= 11 is 1.74. The highest BCUT2D eigenvalue weighted by atomic mass is 32.1. The van der Waals surface area contributed by atoms with Gasteiger partial charge in [0, 0.05) is 70.8 Å². The van der Waals surface area contributed by atoms with Crippen LogP contribution in [-0.2, 0) is 0 Å². The number of fused-ring (bicyclic) bond motifs is 9. The van der Waals surface area contributed by atoms with Crippen molar-refractivity contribution in [1.29, 1.82) is 0 Å². The zero-order valence-electron chi connectivity index (χ0n) is 30.8. The predicted molar refractivity (Wildman–Crippen MR) is 238 cm³/mol. The molecule has 0 saturated heterocycles. The second kappa shape index (κ2) is 13.0. The number of hydrogen-bond donors (Lipinski definition) is 0. The average molecular weight is 763 g/mol. The summed E-state index contributed by atoms with van der Waals surface area (Å²) in [7, 11) is 0. The molecule has 0 bridgehead atoms. The molecule has 0 N–H and O–H groups in total. The fraction of sp³-hybridized carbons (Fsp3) is 0. The van der Waals surface area contributed by atoms with Crippen LogP contribution in [0.3, 0.4) is 0 Å². The average Bonchev–Trinajstić information content (AvgIpc) is 3.97. The maximum absolute atomic E-state index is 6.11. The van der Waals surface area contributed by atoms with Crippen LogP contribution >= 0.6 is 11.3 Å². The van der Waals surface area contributed by atoms with E-state index >= 15 is 0 Å². The molecule has 0 fully saturated rings. The van der Waals surface area contributed by atoms with Crippen molar-refractivity contribution in [3.8, 4) is 33.8 Å². The number of benzene rings is 6. The van der Waals surface area contributed by atoms with Gasteiger partial charge < -0.3 is 13.7 Å². The summed E-state index contributed by atoms with van der Waals surface area (Å²) in [4.78, 5) is 18.2. The lowest BCUT2D eigenvalue weighted by molar-refractivity contribution is 0.654. The van der Waals surface area contributed by atoms with Crippen molar-refractivity contribution in [1.82, 2.24) is 15.0 Å². The van der Waals surface area contributed by atoms with E-state index in [1.165, 1.54) is 15.5 Å². The molecule has 6 heterocycles. The number of para-hydroxylation sites is 2. The van der Waals surface area contributed by atoms with Gasteiger partial charge in [0.25, 0.3) is 0 Å². The molecule has 0 spiro atoms. The molecule has 6 nitrogen and oxygen atoms in total. The SMILES string of the molecule is c1ccc2c(c1)oc1nc(-c3ccc(N(c4ccc(-c5ccc6c(n5)oc5ccccc56)cc4)c4ccc(-c5ccc6c(n5)sc5ccccc56)cc4)cc3)ccc12. The minimum Gasteiger partial charge on any atom is -0.438 e. The van der Waals surface area contributed by atoms with E-state index in [0.29, 0.717) is 11.4 Å². The molecular formula is C51H30N4O2S. The van der Waals surface area contributed by atoms with Crippen LogP contribution in [0.1, 0.15) is 0 Å². The first-order valence-electron chi connectivity index (χ1n) is 19.2. The molecule has 58 heavy (non-hydrogen) atoms. The Hall–Kier alpha value is -7.61. The predicted octanol–water partition coefficient (Wildman–Crippen LogP) is 14.5. The highest BCUT2D eigenvalue weighted by molar-refractivity contribution is 7.25.